The maximum Gasteiger partial charge on any atom is 0.220 e. The van der Waals surface area contributed by atoms with Crippen molar-refractivity contribution < 1.29 is 17.6 Å². The van der Waals surface area contributed by atoms with E-state index in [2.05, 4.69) is 5.32 Å². The summed E-state index contributed by atoms with van der Waals surface area (Å²) in [7, 11) is -3.08. The number of halogens is 1. The molecule has 1 N–H and O–H groups in total. The van der Waals surface area contributed by atoms with E-state index in [9.17, 15) is 17.6 Å². The Morgan fingerprint density at radius 3 is 2.29 bits per heavy atom. The van der Waals surface area contributed by atoms with E-state index in [0.29, 0.717) is 0 Å². The molecule has 4 nitrogen and oxygen atoms in total. The van der Waals surface area contributed by atoms with Crippen molar-refractivity contribution in [3.05, 3.63) is 35.6 Å². The Kier molecular flexibility index (Phi) is 6.33. The lowest BCUT2D eigenvalue weighted by Gasteiger charge is -2.21. The maximum absolute atomic E-state index is 13.0. The minimum Gasteiger partial charge on any atom is -0.355 e. The van der Waals surface area contributed by atoms with Crippen LogP contribution in [0.5, 0.6) is 0 Å². The van der Waals surface area contributed by atoms with Crippen LogP contribution in [0.1, 0.15) is 31.7 Å². The smallest absolute Gasteiger partial charge is 0.220 e. The highest BCUT2D eigenvalue weighted by atomic mass is 32.2. The number of carbonyl (C=O) groups is 1. The Hall–Kier alpha value is -1.43. The van der Waals surface area contributed by atoms with E-state index in [4.69, 9.17) is 0 Å². The lowest BCUT2D eigenvalue weighted by atomic mass is 9.85. The SMILES string of the molecule is CC(C)C(CC(=O)NCCS(C)(=O)=O)c1ccc(F)cc1. The summed E-state index contributed by atoms with van der Waals surface area (Å²) in [4.78, 5) is 11.9. The van der Waals surface area contributed by atoms with Gasteiger partial charge in [-0.2, -0.15) is 0 Å². The first-order valence-electron chi connectivity index (χ1n) is 6.89. The van der Waals surface area contributed by atoms with E-state index in [-0.39, 0.29) is 42.3 Å². The van der Waals surface area contributed by atoms with Gasteiger partial charge in [-0.25, -0.2) is 12.8 Å². The summed E-state index contributed by atoms with van der Waals surface area (Å²) in [6.07, 6.45) is 1.39. The number of amides is 1. The molecule has 0 saturated carbocycles. The molecule has 0 aromatic heterocycles. The number of nitrogens with one attached hydrogen (secondary N) is 1. The van der Waals surface area contributed by atoms with Gasteiger partial charge in [0.1, 0.15) is 15.7 Å². The van der Waals surface area contributed by atoms with E-state index in [1.54, 1.807) is 12.1 Å². The third-order valence-corrected chi connectivity index (χ3v) is 4.25. The van der Waals surface area contributed by atoms with Gasteiger partial charge in [-0.15, -0.1) is 0 Å². The third-order valence-electron chi connectivity index (χ3n) is 3.30. The zero-order valence-corrected chi connectivity index (χ0v) is 13.4. The van der Waals surface area contributed by atoms with Crippen LogP contribution in [0.15, 0.2) is 24.3 Å². The summed E-state index contributed by atoms with van der Waals surface area (Å²) < 4.78 is 35.0. The highest BCUT2D eigenvalue weighted by molar-refractivity contribution is 7.90. The number of hydrogen-bond acceptors (Lipinski definition) is 3. The van der Waals surface area contributed by atoms with E-state index >= 15 is 0 Å². The third kappa shape index (κ3) is 6.71. The van der Waals surface area contributed by atoms with Crippen molar-refractivity contribution in [2.24, 2.45) is 5.92 Å². The molecule has 0 saturated heterocycles. The van der Waals surface area contributed by atoms with Gasteiger partial charge in [-0.05, 0) is 29.5 Å². The average Bonchev–Trinajstić information content (AvgIpc) is 2.35. The van der Waals surface area contributed by atoms with E-state index < -0.39 is 9.84 Å². The van der Waals surface area contributed by atoms with Crippen molar-refractivity contribution in [3.63, 3.8) is 0 Å². The standard InChI is InChI=1S/C15H22FNO3S/c1-11(2)14(12-4-6-13(16)7-5-12)10-15(18)17-8-9-21(3,19)20/h4-7,11,14H,8-10H2,1-3H3,(H,17,18). The predicted molar refractivity (Wildman–Crippen MR) is 81.3 cm³/mol. The number of rotatable bonds is 7. The van der Waals surface area contributed by atoms with E-state index in [1.165, 1.54) is 12.1 Å². The molecule has 1 rings (SSSR count). The van der Waals surface area contributed by atoms with Crippen molar-refractivity contribution >= 4 is 15.7 Å². The van der Waals surface area contributed by atoms with Crippen molar-refractivity contribution in [3.8, 4) is 0 Å². The lowest BCUT2D eigenvalue weighted by molar-refractivity contribution is -0.121. The zero-order chi connectivity index (χ0) is 16.0. The van der Waals surface area contributed by atoms with Crippen LogP contribution in [-0.2, 0) is 14.6 Å². The zero-order valence-electron chi connectivity index (χ0n) is 12.6. The summed E-state index contributed by atoms with van der Waals surface area (Å²) >= 11 is 0. The van der Waals surface area contributed by atoms with Gasteiger partial charge >= 0.3 is 0 Å². The van der Waals surface area contributed by atoms with Crippen LogP contribution in [0.2, 0.25) is 0 Å². The Morgan fingerprint density at radius 1 is 1.24 bits per heavy atom. The van der Waals surface area contributed by atoms with E-state index in [1.807, 2.05) is 13.8 Å². The normalized spacial score (nSPS) is 13.2. The molecule has 0 bridgehead atoms. The molecule has 0 radical (unpaired) electrons. The van der Waals surface area contributed by atoms with Crippen LogP contribution in [0.3, 0.4) is 0 Å². The number of carbonyl (C=O) groups excluding carboxylic acids is 1. The molecular formula is C15H22FNO3S. The Bertz CT molecular complexity index is 567. The van der Waals surface area contributed by atoms with Crippen LogP contribution in [0, 0.1) is 11.7 Å². The topological polar surface area (TPSA) is 63.2 Å². The molecule has 1 aromatic rings. The molecule has 0 aliphatic carbocycles. The molecule has 0 aliphatic heterocycles. The van der Waals surface area contributed by atoms with Crippen molar-refractivity contribution in [2.75, 3.05) is 18.6 Å². The van der Waals surface area contributed by atoms with Gasteiger partial charge < -0.3 is 5.32 Å². The fourth-order valence-corrected chi connectivity index (χ4v) is 2.57. The van der Waals surface area contributed by atoms with Gasteiger partial charge in [0.15, 0.2) is 0 Å². The molecule has 118 valence electrons. The number of hydrogen-bond donors (Lipinski definition) is 1. The highest BCUT2D eigenvalue weighted by Gasteiger charge is 2.19. The lowest BCUT2D eigenvalue weighted by Crippen LogP contribution is -2.30. The summed E-state index contributed by atoms with van der Waals surface area (Å²) in [5.74, 6) is -0.373. The second-order valence-corrected chi connectivity index (χ2v) is 7.85. The van der Waals surface area contributed by atoms with Crippen LogP contribution in [0.25, 0.3) is 0 Å². The van der Waals surface area contributed by atoms with Crippen LogP contribution < -0.4 is 5.32 Å². The van der Waals surface area contributed by atoms with Crippen LogP contribution in [-0.4, -0.2) is 32.9 Å². The first kappa shape index (κ1) is 17.6. The molecule has 0 heterocycles. The molecular weight excluding hydrogens is 293 g/mol. The van der Waals surface area contributed by atoms with Crippen molar-refractivity contribution in [1.29, 1.82) is 0 Å². The van der Waals surface area contributed by atoms with Gasteiger partial charge in [0.2, 0.25) is 5.91 Å². The molecule has 0 fully saturated rings. The van der Waals surface area contributed by atoms with E-state index in [0.717, 1.165) is 11.8 Å². The van der Waals surface area contributed by atoms with Crippen molar-refractivity contribution in [1.82, 2.24) is 5.32 Å². The predicted octanol–water partition coefficient (Wildman–Crippen LogP) is 2.12. The second-order valence-electron chi connectivity index (χ2n) is 5.59. The second kappa shape index (κ2) is 7.54. The Balaban J connectivity index is 2.62. The van der Waals surface area contributed by atoms with Crippen LogP contribution in [0.4, 0.5) is 4.39 Å². The molecule has 0 spiro atoms. The van der Waals surface area contributed by atoms with Crippen LogP contribution >= 0.6 is 0 Å². The molecule has 1 amide bonds. The Labute approximate surface area is 125 Å². The Morgan fingerprint density at radius 2 is 1.81 bits per heavy atom. The fourth-order valence-electron chi connectivity index (χ4n) is 2.10. The summed E-state index contributed by atoms with van der Waals surface area (Å²) in [6, 6.07) is 6.13. The van der Waals surface area contributed by atoms with Gasteiger partial charge in [0.25, 0.3) is 0 Å². The first-order valence-corrected chi connectivity index (χ1v) is 8.95. The number of sulfone groups is 1. The first-order chi connectivity index (χ1) is 9.69. The highest BCUT2D eigenvalue weighted by Crippen LogP contribution is 2.27. The molecule has 6 heteroatoms. The molecule has 21 heavy (non-hydrogen) atoms. The average molecular weight is 315 g/mol. The van der Waals surface area contributed by atoms with Gasteiger partial charge in [-0.1, -0.05) is 26.0 Å². The minimum atomic E-state index is -3.08. The quantitative estimate of drug-likeness (QED) is 0.838. The monoisotopic (exact) mass is 315 g/mol. The van der Waals surface area contributed by atoms with Gasteiger partial charge in [0, 0.05) is 19.2 Å². The maximum atomic E-state index is 13.0. The summed E-state index contributed by atoms with van der Waals surface area (Å²) in [5.41, 5.74) is 0.907. The van der Waals surface area contributed by atoms with Crippen molar-refractivity contribution in [2.45, 2.75) is 26.2 Å². The summed E-state index contributed by atoms with van der Waals surface area (Å²) in [5, 5.41) is 2.61. The van der Waals surface area contributed by atoms with Gasteiger partial charge in [0.05, 0.1) is 5.75 Å². The summed E-state index contributed by atoms with van der Waals surface area (Å²) in [6.45, 7) is 4.11. The fraction of sp³-hybridized carbons (Fsp3) is 0.533. The minimum absolute atomic E-state index is 0.0242. The molecule has 0 aliphatic rings. The number of benzene rings is 1. The molecule has 1 aromatic carbocycles. The molecule has 1 unspecified atom stereocenters. The largest absolute Gasteiger partial charge is 0.355 e. The molecule has 1 atom stereocenters. The van der Waals surface area contributed by atoms with Gasteiger partial charge in [-0.3, -0.25) is 4.79 Å².